The Morgan fingerprint density at radius 1 is 1.11 bits per heavy atom. The number of halogens is 3. The molecule has 2 unspecified atom stereocenters. The minimum Gasteiger partial charge on any atom is -0.313 e. The monoisotopic (exact) mass is 268 g/mol. The van der Waals surface area contributed by atoms with Gasteiger partial charge in [-0.3, -0.25) is 4.90 Å². The summed E-state index contributed by atoms with van der Waals surface area (Å²) in [7, 11) is 0. The van der Waals surface area contributed by atoms with Gasteiger partial charge in [0, 0.05) is 24.7 Å². The zero-order valence-electron chi connectivity index (χ0n) is 12.1. The summed E-state index contributed by atoms with van der Waals surface area (Å²) in [6.45, 7) is 9.38. The van der Waals surface area contributed by atoms with Crippen molar-refractivity contribution in [2.75, 3.05) is 13.1 Å². The molecule has 0 aliphatic heterocycles. The Morgan fingerprint density at radius 3 is 2.06 bits per heavy atom. The third-order valence-electron chi connectivity index (χ3n) is 3.07. The zero-order chi connectivity index (χ0) is 14.3. The lowest BCUT2D eigenvalue weighted by molar-refractivity contribution is -0.154. The highest BCUT2D eigenvalue weighted by Gasteiger charge is 2.33. The van der Waals surface area contributed by atoms with Gasteiger partial charge >= 0.3 is 6.18 Å². The largest absolute Gasteiger partial charge is 0.401 e. The van der Waals surface area contributed by atoms with E-state index >= 15 is 0 Å². The van der Waals surface area contributed by atoms with Crippen molar-refractivity contribution in [3.63, 3.8) is 0 Å². The maximum absolute atomic E-state index is 12.5. The molecule has 1 N–H and O–H groups in total. The van der Waals surface area contributed by atoms with Gasteiger partial charge in [-0.15, -0.1) is 0 Å². The van der Waals surface area contributed by atoms with Gasteiger partial charge in [0.2, 0.25) is 0 Å². The summed E-state index contributed by atoms with van der Waals surface area (Å²) in [5.41, 5.74) is 0. The van der Waals surface area contributed by atoms with E-state index in [0.717, 1.165) is 12.8 Å². The Bertz CT molecular complexity index is 217. The molecule has 0 amide bonds. The van der Waals surface area contributed by atoms with Crippen molar-refractivity contribution in [2.45, 2.75) is 71.8 Å². The topological polar surface area (TPSA) is 15.3 Å². The van der Waals surface area contributed by atoms with E-state index < -0.39 is 12.7 Å². The Hall–Kier alpha value is -0.290. The molecule has 0 heterocycles. The van der Waals surface area contributed by atoms with Crippen LogP contribution in [-0.4, -0.2) is 42.3 Å². The van der Waals surface area contributed by atoms with Gasteiger partial charge < -0.3 is 5.32 Å². The van der Waals surface area contributed by atoms with Crippen molar-refractivity contribution in [3.8, 4) is 0 Å². The zero-order valence-corrected chi connectivity index (χ0v) is 12.1. The summed E-state index contributed by atoms with van der Waals surface area (Å²) in [6, 6.07) is 0.133. The molecule has 2 nitrogen and oxygen atoms in total. The molecule has 0 saturated carbocycles. The smallest absolute Gasteiger partial charge is 0.313 e. The minimum absolute atomic E-state index is 0.107. The molecule has 110 valence electrons. The van der Waals surface area contributed by atoms with Crippen molar-refractivity contribution in [1.82, 2.24) is 10.2 Å². The second kappa shape index (κ2) is 8.00. The summed E-state index contributed by atoms with van der Waals surface area (Å²) < 4.78 is 37.5. The van der Waals surface area contributed by atoms with E-state index in [0.29, 0.717) is 12.6 Å². The normalized spacial score (nSPS) is 16.3. The quantitative estimate of drug-likeness (QED) is 0.725. The van der Waals surface area contributed by atoms with Crippen LogP contribution >= 0.6 is 0 Å². The lowest BCUT2D eigenvalue weighted by atomic mass is 10.1. The van der Waals surface area contributed by atoms with Gasteiger partial charge in [-0.25, -0.2) is 0 Å². The predicted molar refractivity (Wildman–Crippen MR) is 69.7 cm³/mol. The van der Waals surface area contributed by atoms with Crippen LogP contribution in [-0.2, 0) is 0 Å². The van der Waals surface area contributed by atoms with Crippen molar-refractivity contribution in [2.24, 2.45) is 0 Å². The number of hydrogen-bond acceptors (Lipinski definition) is 2. The Kier molecular flexibility index (Phi) is 7.87. The van der Waals surface area contributed by atoms with Crippen LogP contribution in [0.3, 0.4) is 0 Å². The Labute approximate surface area is 109 Å². The van der Waals surface area contributed by atoms with Crippen molar-refractivity contribution < 1.29 is 13.2 Å². The van der Waals surface area contributed by atoms with E-state index in [4.69, 9.17) is 0 Å². The minimum atomic E-state index is -4.13. The molecule has 0 radical (unpaired) electrons. The second-order valence-electron chi connectivity index (χ2n) is 5.33. The Morgan fingerprint density at radius 2 is 1.67 bits per heavy atom. The average molecular weight is 268 g/mol. The number of alkyl halides is 3. The fourth-order valence-corrected chi connectivity index (χ4v) is 2.08. The first-order valence-corrected chi connectivity index (χ1v) is 6.73. The van der Waals surface area contributed by atoms with E-state index in [1.54, 1.807) is 13.8 Å². The van der Waals surface area contributed by atoms with Crippen LogP contribution in [0, 0.1) is 0 Å². The average Bonchev–Trinajstić information content (AvgIpc) is 2.21. The van der Waals surface area contributed by atoms with Crippen LogP contribution in [0.4, 0.5) is 13.2 Å². The number of hydrogen-bond donors (Lipinski definition) is 1. The SMILES string of the molecule is CCCC(C)NCC(C)N(CC(F)(F)F)C(C)C. The van der Waals surface area contributed by atoms with Gasteiger partial charge in [-0.2, -0.15) is 13.2 Å². The molecular weight excluding hydrogens is 241 g/mol. The molecule has 0 aliphatic rings. The Balaban J connectivity index is 4.27. The number of nitrogens with zero attached hydrogens (tertiary/aromatic N) is 1. The van der Waals surface area contributed by atoms with Crippen molar-refractivity contribution in [3.05, 3.63) is 0 Å². The standard InChI is InChI=1S/C13H27F3N2/c1-6-7-11(4)17-8-12(5)18(10(2)3)9-13(14,15)16/h10-12,17H,6-9H2,1-5H3. The highest BCUT2D eigenvalue weighted by Crippen LogP contribution is 2.19. The fraction of sp³-hybridized carbons (Fsp3) is 1.00. The molecule has 0 bridgehead atoms. The third-order valence-corrected chi connectivity index (χ3v) is 3.07. The fourth-order valence-electron chi connectivity index (χ4n) is 2.08. The third kappa shape index (κ3) is 7.93. The molecule has 5 heteroatoms. The van der Waals surface area contributed by atoms with Gasteiger partial charge in [0.1, 0.15) is 0 Å². The van der Waals surface area contributed by atoms with Crippen LogP contribution in [0.15, 0.2) is 0 Å². The first-order valence-electron chi connectivity index (χ1n) is 6.73. The van der Waals surface area contributed by atoms with Gasteiger partial charge in [-0.1, -0.05) is 13.3 Å². The molecule has 0 aromatic heterocycles. The molecular formula is C13H27F3N2. The van der Waals surface area contributed by atoms with Gasteiger partial charge in [0.05, 0.1) is 6.54 Å². The van der Waals surface area contributed by atoms with E-state index in [-0.39, 0.29) is 12.1 Å². The summed E-state index contributed by atoms with van der Waals surface area (Å²) in [4.78, 5) is 1.49. The lowest BCUT2D eigenvalue weighted by Crippen LogP contribution is -2.49. The summed E-state index contributed by atoms with van der Waals surface area (Å²) in [5, 5.41) is 3.30. The van der Waals surface area contributed by atoms with E-state index in [1.807, 2.05) is 6.92 Å². The molecule has 0 saturated heterocycles. The molecule has 0 fully saturated rings. The summed E-state index contributed by atoms with van der Waals surface area (Å²) in [5.74, 6) is 0. The maximum Gasteiger partial charge on any atom is 0.401 e. The van der Waals surface area contributed by atoms with Gasteiger partial charge in [0.15, 0.2) is 0 Å². The van der Waals surface area contributed by atoms with Gasteiger partial charge in [-0.05, 0) is 34.1 Å². The van der Waals surface area contributed by atoms with Crippen LogP contribution in [0.2, 0.25) is 0 Å². The van der Waals surface area contributed by atoms with E-state index in [2.05, 4.69) is 19.2 Å². The van der Waals surface area contributed by atoms with Gasteiger partial charge in [0.25, 0.3) is 0 Å². The highest BCUT2D eigenvalue weighted by atomic mass is 19.4. The van der Waals surface area contributed by atoms with Crippen LogP contribution in [0.25, 0.3) is 0 Å². The molecule has 0 rings (SSSR count). The van der Waals surface area contributed by atoms with Crippen molar-refractivity contribution in [1.29, 1.82) is 0 Å². The lowest BCUT2D eigenvalue weighted by Gasteiger charge is -2.34. The maximum atomic E-state index is 12.5. The molecule has 0 aliphatic carbocycles. The molecule has 0 spiro atoms. The summed E-state index contributed by atoms with van der Waals surface area (Å²) in [6.07, 6.45) is -2.00. The first-order chi connectivity index (χ1) is 8.17. The summed E-state index contributed by atoms with van der Waals surface area (Å²) >= 11 is 0. The molecule has 0 aromatic rings. The van der Waals surface area contributed by atoms with E-state index in [9.17, 15) is 13.2 Å². The van der Waals surface area contributed by atoms with Crippen LogP contribution in [0.5, 0.6) is 0 Å². The van der Waals surface area contributed by atoms with Crippen LogP contribution < -0.4 is 5.32 Å². The first kappa shape index (κ1) is 17.7. The number of rotatable bonds is 8. The number of nitrogens with one attached hydrogen (secondary N) is 1. The molecule has 0 aromatic carbocycles. The predicted octanol–water partition coefficient (Wildman–Crippen LogP) is 3.43. The van der Waals surface area contributed by atoms with Crippen molar-refractivity contribution >= 4 is 0 Å². The highest BCUT2D eigenvalue weighted by molar-refractivity contribution is 4.76. The molecule has 18 heavy (non-hydrogen) atoms. The molecule has 2 atom stereocenters. The second-order valence-corrected chi connectivity index (χ2v) is 5.33. The van der Waals surface area contributed by atoms with Crippen LogP contribution in [0.1, 0.15) is 47.5 Å². The van der Waals surface area contributed by atoms with E-state index in [1.165, 1.54) is 4.90 Å².